The Morgan fingerprint density at radius 3 is 2.56 bits per heavy atom. The molecule has 0 unspecified atom stereocenters. The summed E-state index contributed by atoms with van der Waals surface area (Å²) in [6.07, 6.45) is 4.36. The van der Waals surface area contributed by atoms with Gasteiger partial charge in [0.2, 0.25) is 5.88 Å². The molecule has 82 valence electrons. The number of rotatable bonds is 3. The lowest BCUT2D eigenvalue weighted by Gasteiger charge is -2.01. The minimum absolute atomic E-state index is 0.377. The lowest BCUT2D eigenvalue weighted by molar-refractivity contribution is 0.436. The summed E-state index contributed by atoms with van der Waals surface area (Å²) in [4.78, 5) is 1.32. The normalized spacial score (nSPS) is 15.2. The van der Waals surface area contributed by atoms with E-state index in [1.165, 1.54) is 17.7 Å². The first-order chi connectivity index (χ1) is 7.83. The van der Waals surface area contributed by atoms with Crippen molar-refractivity contribution in [1.29, 1.82) is 0 Å². The maximum atomic E-state index is 5.67. The number of aromatic nitrogens is 1. The molecule has 1 aromatic carbocycles. The van der Waals surface area contributed by atoms with Crippen molar-refractivity contribution in [1.82, 2.24) is 5.16 Å². The molecule has 0 radical (unpaired) electrons. The topological polar surface area (TPSA) is 52.0 Å². The third-order valence-corrected chi connectivity index (χ3v) is 3.94. The van der Waals surface area contributed by atoms with Crippen LogP contribution in [0.4, 0.5) is 5.88 Å². The van der Waals surface area contributed by atoms with Gasteiger partial charge < -0.3 is 10.3 Å². The van der Waals surface area contributed by atoms with Crippen molar-refractivity contribution >= 4 is 17.6 Å². The molecule has 0 bridgehead atoms. The molecule has 1 aliphatic carbocycles. The van der Waals surface area contributed by atoms with Gasteiger partial charge in [-0.15, -0.1) is 11.8 Å². The molecule has 0 atom stereocenters. The molecule has 1 heterocycles. The van der Waals surface area contributed by atoms with Gasteiger partial charge in [0, 0.05) is 10.1 Å². The first-order valence-electron chi connectivity index (χ1n) is 5.30. The van der Waals surface area contributed by atoms with Crippen LogP contribution >= 0.6 is 11.8 Å². The molecular formula is C12H12N2OS. The second-order valence-corrected chi connectivity index (χ2v) is 5.32. The third kappa shape index (κ3) is 1.93. The Hall–Kier alpha value is -1.42. The molecule has 0 saturated heterocycles. The van der Waals surface area contributed by atoms with E-state index in [0.29, 0.717) is 5.88 Å². The summed E-state index contributed by atoms with van der Waals surface area (Å²) in [5.41, 5.74) is 7.59. The summed E-state index contributed by atoms with van der Waals surface area (Å²) < 4.78 is 4.85. The zero-order valence-corrected chi connectivity index (χ0v) is 9.54. The van der Waals surface area contributed by atoms with Gasteiger partial charge >= 0.3 is 0 Å². The van der Waals surface area contributed by atoms with Crippen molar-refractivity contribution in [3.63, 3.8) is 0 Å². The summed E-state index contributed by atoms with van der Waals surface area (Å²) in [6, 6.07) is 8.39. The molecule has 16 heavy (non-hydrogen) atoms. The van der Waals surface area contributed by atoms with Gasteiger partial charge in [0.25, 0.3) is 0 Å². The van der Waals surface area contributed by atoms with Gasteiger partial charge in [-0.1, -0.05) is 17.3 Å². The molecule has 1 aliphatic rings. The molecule has 3 nitrogen and oxygen atoms in total. The second-order valence-electron chi connectivity index (χ2n) is 3.95. The van der Waals surface area contributed by atoms with Crippen molar-refractivity contribution in [2.45, 2.75) is 23.0 Å². The van der Waals surface area contributed by atoms with Gasteiger partial charge in [0.15, 0.2) is 0 Å². The van der Waals surface area contributed by atoms with Crippen LogP contribution < -0.4 is 5.73 Å². The first-order valence-corrected chi connectivity index (χ1v) is 6.18. The number of nitrogen functional groups attached to an aromatic ring is 1. The first kappa shape index (κ1) is 9.78. The van der Waals surface area contributed by atoms with Gasteiger partial charge in [0.1, 0.15) is 0 Å². The molecule has 1 saturated carbocycles. The van der Waals surface area contributed by atoms with Gasteiger partial charge in [-0.3, -0.25) is 0 Å². The molecule has 2 N–H and O–H groups in total. The number of hydrogen-bond acceptors (Lipinski definition) is 4. The molecule has 3 rings (SSSR count). The summed E-state index contributed by atoms with van der Waals surface area (Å²) >= 11 is 1.95. The van der Waals surface area contributed by atoms with Crippen LogP contribution in [0.15, 0.2) is 39.9 Å². The SMILES string of the molecule is Nc1oncc1-c1ccc(SC2CC2)cc1. The number of nitrogens with zero attached hydrogens (tertiary/aromatic N) is 1. The van der Waals surface area contributed by atoms with Gasteiger partial charge in [-0.05, 0) is 30.5 Å². The molecule has 1 fully saturated rings. The maximum Gasteiger partial charge on any atom is 0.229 e. The molecule has 0 amide bonds. The third-order valence-electron chi connectivity index (χ3n) is 2.59. The second kappa shape index (κ2) is 3.87. The quantitative estimate of drug-likeness (QED) is 0.883. The van der Waals surface area contributed by atoms with Crippen LogP contribution in [-0.4, -0.2) is 10.4 Å². The van der Waals surface area contributed by atoms with E-state index in [2.05, 4.69) is 29.4 Å². The zero-order valence-electron chi connectivity index (χ0n) is 8.72. The van der Waals surface area contributed by atoms with Crippen LogP contribution in [0.5, 0.6) is 0 Å². The summed E-state index contributed by atoms with van der Waals surface area (Å²) in [5.74, 6) is 0.377. The predicted molar refractivity (Wildman–Crippen MR) is 65.2 cm³/mol. The van der Waals surface area contributed by atoms with Crippen molar-refractivity contribution in [2.24, 2.45) is 0 Å². The van der Waals surface area contributed by atoms with Crippen LogP contribution in [-0.2, 0) is 0 Å². The number of anilines is 1. The summed E-state index contributed by atoms with van der Waals surface area (Å²) in [7, 11) is 0. The number of nitrogens with two attached hydrogens (primary N) is 1. The molecule has 0 spiro atoms. The van der Waals surface area contributed by atoms with Crippen molar-refractivity contribution in [2.75, 3.05) is 5.73 Å². The van der Waals surface area contributed by atoms with E-state index >= 15 is 0 Å². The van der Waals surface area contributed by atoms with Crippen molar-refractivity contribution in [3.8, 4) is 11.1 Å². The van der Waals surface area contributed by atoms with E-state index in [4.69, 9.17) is 10.3 Å². The Morgan fingerprint density at radius 1 is 1.25 bits per heavy atom. The number of hydrogen-bond donors (Lipinski definition) is 1. The van der Waals surface area contributed by atoms with Gasteiger partial charge in [0.05, 0.1) is 11.8 Å². The van der Waals surface area contributed by atoms with Crippen molar-refractivity contribution < 1.29 is 4.52 Å². The molecular weight excluding hydrogens is 220 g/mol. The zero-order chi connectivity index (χ0) is 11.0. The Morgan fingerprint density at radius 2 is 2.00 bits per heavy atom. The summed E-state index contributed by atoms with van der Waals surface area (Å²) in [5, 5.41) is 4.51. The highest BCUT2D eigenvalue weighted by Gasteiger charge is 2.22. The monoisotopic (exact) mass is 232 g/mol. The molecule has 2 aromatic rings. The Labute approximate surface area is 98.0 Å². The number of benzene rings is 1. The van der Waals surface area contributed by atoms with E-state index in [1.807, 2.05) is 11.8 Å². The fraction of sp³-hybridized carbons (Fsp3) is 0.250. The average molecular weight is 232 g/mol. The Bertz CT molecular complexity index is 488. The predicted octanol–water partition coefficient (Wildman–Crippen LogP) is 3.18. The van der Waals surface area contributed by atoms with E-state index in [-0.39, 0.29) is 0 Å². The smallest absolute Gasteiger partial charge is 0.229 e. The highest BCUT2D eigenvalue weighted by molar-refractivity contribution is 8.00. The summed E-state index contributed by atoms with van der Waals surface area (Å²) in [6.45, 7) is 0. The fourth-order valence-electron chi connectivity index (χ4n) is 1.56. The minimum atomic E-state index is 0.377. The number of thioether (sulfide) groups is 1. The van der Waals surface area contributed by atoms with Crippen LogP contribution in [0.1, 0.15) is 12.8 Å². The highest BCUT2D eigenvalue weighted by atomic mass is 32.2. The average Bonchev–Trinajstić information content (AvgIpc) is 3.00. The van der Waals surface area contributed by atoms with E-state index in [1.54, 1.807) is 6.20 Å². The maximum absolute atomic E-state index is 5.67. The van der Waals surface area contributed by atoms with Gasteiger partial charge in [-0.2, -0.15) is 0 Å². The van der Waals surface area contributed by atoms with Crippen LogP contribution in [0.2, 0.25) is 0 Å². The van der Waals surface area contributed by atoms with E-state index < -0.39 is 0 Å². The van der Waals surface area contributed by atoms with E-state index in [0.717, 1.165) is 16.4 Å². The Kier molecular flexibility index (Phi) is 2.36. The fourth-order valence-corrected chi connectivity index (χ4v) is 2.61. The van der Waals surface area contributed by atoms with Crippen LogP contribution in [0.25, 0.3) is 11.1 Å². The largest absolute Gasteiger partial charge is 0.367 e. The lowest BCUT2D eigenvalue weighted by Crippen LogP contribution is -1.84. The lowest BCUT2D eigenvalue weighted by atomic mass is 10.1. The highest BCUT2D eigenvalue weighted by Crippen LogP contribution is 2.39. The van der Waals surface area contributed by atoms with E-state index in [9.17, 15) is 0 Å². The Balaban J connectivity index is 1.83. The standard InChI is InChI=1S/C12H12N2OS/c13-12-11(7-14-15-12)8-1-3-9(4-2-8)16-10-5-6-10/h1-4,7,10H,5-6,13H2. The molecule has 4 heteroatoms. The van der Waals surface area contributed by atoms with Crippen LogP contribution in [0.3, 0.4) is 0 Å². The van der Waals surface area contributed by atoms with Crippen LogP contribution in [0, 0.1) is 0 Å². The van der Waals surface area contributed by atoms with Crippen molar-refractivity contribution in [3.05, 3.63) is 30.5 Å². The minimum Gasteiger partial charge on any atom is -0.367 e. The molecule has 1 aromatic heterocycles. The van der Waals surface area contributed by atoms with Gasteiger partial charge in [-0.25, -0.2) is 0 Å². The molecule has 0 aliphatic heterocycles.